The van der Waals surface area contributed by atoms with Crippen LogP contribution in [0.3, 0.4) is 0 Å². The molecular formula is C73H123NO18. The third-order valence-electron chi connectivity index (χ3n) is 16.8. The number of unbranched alkanes of at least 4 members (excludes halogenated alkanes) is 20. The third kappa shape index (κ3) is 34.9. The third-order valence-corrected chi connectivity index (χ3v) is 16.8. The van der Waals surface area contributed by atoms with Crippen molar-refractivity contribution in [3.63, 3.8) is 0 Å². The maximum Gasteiger partial charge on any atom is 0.220 e. The molecule has 92 heavy (non-hydrogen) atoms. The van der Waals surface area contributed by atoms with E-state index in [9.17, 15) is 61.0 Å². The zero-order valence-corrected chi connectivity index (χ0v) is 55.7. The average molecular weight is 1300 g/mol. The molecule has 0 bridgehead atoms. The molecule has 0 aromatic carbocycles. The van der Waals surface area contributed by atoms with Crippen molar-refractivity contribution in [2.75, 3.05) is 26.4 Å². The van der Waals surface area contributed by atoms with Crippen LogP contribution in [0.2, 0.25) is 0 Å². The molecule has 0 aliphatic carbocycles. The van der Waals surface area contributed by atoms with Gasteiger partial charge in [-0.15, -0.1) is 0 Å². The lowest BCUT2D eigenvalue weighted by Crippen LogP contribution is -2.66. The molecule has 3 heterocycles. The van der Waals surface area contributed by atoms with E-state index in [4.69, 9.17) is 28.4 Å². The van der Waals surface area contributed by atoms with Crippen molar-refractivity contribution < 1.29 is 89.4 Å². The lowest BCUT2D eigenvalue weighted by Gasteiger charge is -2.48. The molecule has 0 radical (unpaired) electrons. The fourth-order valence-corrected chi connectivity index (χ4v) is 11.1. The maximum absolute atomic E-state index is 13.4. The molecule has 3 aliphatic rings. The summed E-state index contributed by atoms with van der Waals surface area (Å²) in [4.78, 5) is 13.4. The Morgan fingerprint density at radius 3 is 1.17 bits per heavy atom. The van der Waals surface area contributed by atoms with Gasteiger partial charge in [0, 0.05) is 6.42 Å². The van der Waals surface area contributed by atoms with E-state index in [2.05, 4.69) is 116 Å². The smallest absolute Gasteiger partial charge is 0.220 e. The number of hydrogen-bond donors (Lipinski definition) is 12. The molecule has 0 aromatic rings. The van der Waals surface area contributed by atoms with Crippen LogP contribution in [0.4, 0.5) is 0 Å². The molecule has 12 N–H and O–H groups in total. The minimum absolute atomic E-state index is 0.219. The molecule has 0 aromatic heterocycles. The van der Waals surface area contributed by atoms with Gasteiger partial charge in [-0.3, -0.25) is 4.79 Å². The van der Waals surface area contributed by atoms with Crippen molar-refractivity contribution in [3.05, 3.63) is 109 Å². The highest BCUT2D eigenvalue weighted by molar-refractivity contribution is 5.76. The molecule has 528 valence electrons. The van der Waals surface area contributed by atoms with Crippen molar-refractivity contribution in [1.29, 1.82) is 0 Å². The Morgan fingerprint density at radius 2 is 0.750 bits per heavy atom. The summed E-state index contributed by atoms with van der Waals surface area (Å²) in [5.41, 5.74) is 0. The molecule has 19 heteroatoms. The Balaban J connectivity index is 1.42. The Bertz CT molecular complexity index is 2090. The van der Waals surface area contributed by atoms with Gasteiger partial charge in [-0.25, -0.2) is 0 Å². The summed E-state index contributed by atoms with van der Waals surface area (Å²) >= 11 is 0. The van der Waals surface area contributed by atoms with E-state index in [-0.39, 0.29) is 18.9 Å². The number of aliphatic hydroxyl groups excluding tert-OH is 11. The number of amides is 1. The number of carbonyl (C=O) groups is 1. The molecule has 17 unspecified atom stereocenters. The molecule has 19 nitrogen and oxygen atoms in total. The van der Waals surface area contributed by atoms with Crippen LogP contribution in [0, 0.1) is 0 Å². The molecule has 3 saturated heterocycles. The Hall–Kier alpha value is -3.55. The second kappa shape index (κ2) is 53.6. The maximum atomic E-state index is 13.4. The molecule has 17 atom stereocenters. The van der Waals surface area contributed by atoms with Crippen molar-refractivity contribution in [1.82, 2.24) is 5.32 Å². The van der Waals surface area contributed by atoms with E-state index in [1.54, 1.807) is 6.08 Å². The Kier molecular flexibility index (Phi) is 48.1. The van der Waals surface area contributed by atoms with E-state index in [0.29, 0.717) is 6.42 Å². The quantitative estimate of drug-likeness (QED) is 0.0199. The van der Waals surface area contributed by atoms with Crippen LogP contribution in [0.5, 0.6) is 0 Å². The van der Waals surface area contributed by atoms with Crippen molar-refractivity contribution in [2.24, 2.45) is 0 Å². The number of rotatable bonds is 52. The van der Waals surface area contributed by atoms with Gasteiger partial charge in [0.25, 0.3) is 0 Å². The van der Waals surface area contributed by atoms with Gasteiger partial charge in [-0.1, -0.05) is 232 Å². The van der Waals surface area contributed by atoms with Crippen LogP contribution in [0.1, 0.15) is 213 Å². The predicted molar refractivity (Wildman–Crippen MR) is 360 cm³/mol. The zero-order chi connectivity index (χ0) is 66.8. The second-order valence-corrected chi connectivity index (χ2v) is 24.6. The van der Waals surface area contributed by atoms with Crippen molar-refractivity contribution >= 4 is 5.91 Å². The second-order valence-electron chi connectivity index (χ2n) is 24.6. The van der Waals surface area contributed by atoms with E-state index in [1.807, 2.05) is 6.08 Å². The molecular weight excluding hydrogens is 1180 g/mol. The van der Waals surface area contributed by atoms with Gasteiger partial charge in [-0.05, 0) is 83.5 Å². The zero-order valence-electron chi connectivity index (χ0n) is 55.7. The highest BCUT2D eigenvalue weighted by Crippen LogP contribution is 2.33. The topological polar surface area (TPSA) is 307 Å². The van der Waals surface area contributed by atoms with Gasteiger partial charge in [0.1, 0.15) is 73.2 Å². The highest BCUT2D eigenvalue weighted by Gasteiger charge is 2.53. The normalized spacial score (nSPS) is 28.4. The summed E-state index contributed by atoms with van der Waals surface area (Å²) in [6.07, 6.45) is 44.8. The standard InChI is InChI=1S/C73H123NO18/c1-3-5-7-9-11-13-15-17-19-21-22-23-24-25-26-27-28-29-30-31-32-33-34-35-37-39-41-43-45-47-49-51-61(79)74-56(57(78)50-48-46-44-42-40-38-36-20-18-16-14-12-10-8-6-4-2)55-87-71-67(85)64(82)69(59(53-76)89-71)92-73-68(86)65(83)70(60(54-77)90-73)91-72-66(84)63(81)62(80)58(52-75)88-72/h5,7,11,13,17,19,22-23,25-26,28-29,31-32,34-35,48,50,56-60,62-73,75-78,80-86H,3-4,6,8-10,12,14-16,18,20-21,24,27,30,33,36-47,49,51-55H2,1-2H3,(H,74,79)/b7-5-,13-11-,19-17-,23-22-,26-25-,29-28-,32-31-,35-34-,50-48+. The number of ether oxygens (including phenoxy) is 6. The molecule has 0 spiro atoms. The van der Waals surface area contributed by atoms with Crippen LogP contribution in [0.15, 0.2) is 109 Å². The molecule has 3 aliphatic heterocycles. The first-order valence-electron chi connectivity index (χ1n) is 35.1. The SMILES string of the molecule is CC/C=C\C/C=C\C/C=C\C/C=C\C/C=C\C/C=C\C/C=C\C/C=C\CCCCCCCCC(=O)NC(COC1OC(CO)C(OC2OC(CO)C(OC3OC(CO)C(O)C(O)C3O)C(O)C2O)C(O)C1O)C(O)/C=C/CCCCCCCCCCCCCCCC. The number of nitrogens with one attached hydrogen (secondary N) is 1. The van der Waals surface area contributed by atoms with Crippen LogP contribution in [-0.2, 0) is 33.2 Å². The lowest BCUT2D eigenvalue weighted by atomic mass is 9.96. The Labute approximate surface area is 551 Å². The predicted octanol–water partition coefficient (Wildman–Crippen LogP) is 9.44. The summed E-state index contributed by atoms with van der Waals surface area (Å²) in [6, 6.07) is -0.989. The summed E-state index contributed by atoms with van der Waals surface area (Å²) in [5.74, 6) is -0.295. The minimum Gasteiger partial charge on any atom is -0.394 e. The monoisotopic (exact) mass is 1300 g/mol. The lowest BCUT2D eigenvalue weighted by molar-refractivity contribution is -0.379. The molecule has 3 rings (SSSR count). The molecule has 3 fully saturated rings. The van der Waals surface area contributed by atoms with Gasteiger partial charge >= 0.3 is 0 Å². The van der Waals surface area contributed by atoms with Crippen LogP contribution in [0.25, 0.3) is 0 Å². The number of allylic oxidation sites excluding steroid dienone is 17. The number of aliphatic hydroxyl groups is 11. The van der Waals surface area contributed by atoms with E-state index in [0.717, 1.165) is 116 Å². The van der Waals surface area contributed by atoms with Gasteiger partial charge in [0.15, 0.2) is 18.9 Å². The number of hydrogen-bond acceptors (Lipinski definition) is 18. The minimum atomic E-state index is -1.98. The largest absolute Gasteiger partial charge is 0.394 e. The van der Waals surface area contributed by atoms with E-state index < -0.39 is 124 Å². The van der Waals surface area contributed by atoms with Crippen LogP contribution >= 0.6 is 0 Å². The summed E-state index contributed by atoms with van der Waals surface area (Å²) in [7, 11) is 0. The van der Waals surface area contributed by atoms with E-state index in [1.165, 1.54) is 70.6 Å². The van der Waals surface area contributed by atoms with Gasteiger partial charge < -0.3 is 89.9 Å². The fraction of sp³-hybridized carbons (Fsp3) is 0.740. The first-order valence-corrected chi connectivity index (χ1v) is 35.1. The first-order chi connectivity index (χ1) is 44.8. The molecule has 1 amide bonds. The summed E-state index contributed by atoms with van der Waals surface area (Å²) < 4.78 is 34.3. The Morgan fingerprint density at radius 1 is 0.402 bits per heavy atom. The summed E-state index contributed by atoms with van der Waals surface area (Å²) in [5, 5.41) is 120. The van der Waals surface area contributed by atoms with Crippen molar-refractivity contribution in [3.8, 4) is 0 Å². The van der Waals surface area contributed by atoms with E-state index >= 15 is 0 Å². The highest BCUT2D eigenvalue weighted by atomic mass is 16.8. The van der Waals surface area contributed by atoms with Crippen LogP contribution in [-0.4, -0.2) is 193 Å². The van der Waals surface area contributed by atoms with Gasteiger partial charge in [0.05, 0.1) is 38.6 Å². The fourth-order valence-electron chi connectivity index (χ4n) is 11.1. The van der Waals surface area contributed by atoms with Gasteiger partial charge in [-0.2, -0.15) is 0 Å². The first kappa shape index (κ1) is 82.7. The van der Waals surface area contributed by atoms with Gasteiger partial charge in [0.2, 0.25) is 5.91 Å². The number of carbonyl (C=O) groups excluding carboxylic acids is 1. The van der Waals surface area contributed by atoms with Crippen LogP contribution < -0.4 is 5.32 Å². The van der Waals surface area contributed by atoms with Crippen molar-refractivity contribution in [2.45, 2.75) is 317 Å². The summed E-state index contributed by atoms with van der Waals surface area (Å²) in [6.45, 7) is 1.59. The molecule has 0 saturated carbocycles. The average Bonchev–Trinajstić information content (AvgIpc) is 0.834.